The predicted octanol–water partition coefficient (Wildman–Crippen LogP) is 3.47. The molecule has 20 heavy (non-hydrogen) atoms. The van der Waals surface area contributed by atoms with Gasteiger partial charge in [0.2, 0.25) is 0 Å². The zero-order valence-electron chi connectivity index (χ0n) is 11.5. The maximum Gasteiger partial charge on any atom is 0.125 e. The number of rotatable bonds is 5. The van der Waals surface area contributed by atoms with Gasteiger partial charge in [0.05, 0.1) is 11.7 Å². The molecule has 2 aromatic rings. The van der Waals surface area contributed by atoms with Crippen LogP contribution in [0.4, 0.5) is 4.39 Å². The van der Waals surface area contributed by atoms with Crippen molar-refractivity contribution in [3.63, 3.8) is 0 Å². The highest BCUT2D eigenvalue weighted by Gasteiger charge is 2.15. The molecule has 0 saturated carbocycles. The summed E-state index contributed by atoms with van der Waals surface area (Å²) in [5, 5.41) is 3.92. The number of halogens is 2. The van der Waals surface area contributed by atoms with Gasteiger partial charge in [0.1, 0.15) is 11.6 Å². The lowest BCUT2D eigenvalue weighted by Crippen LogP contribution is -2.24. The summed E-state index contributed by atoms with van der Waals surface area (Å²) in [7, 11) is 0. The molecule has 2 rings (SSSR count). The molecule has 0 spiro atoms. The van der Waals surface area contributed by atoms with Gasteiger partial charge in [-0.3, -0.25) is 0 Å². The maximum absolute atomic E-state index is 13.3. The second-order valence-electron chi connectivity index (χ2n) is 4.58. The summed E-state index contributed by atoms with van der Waals surface area (Å²) in [5.41, 5.74) is 1.66. The lowest BCUT2D eigenvalue weighted by molar-refractivity contribution is 0.531. The molecule has 0 amide bonds. The average Bonchev–Trinajstić information content (AvgIpc) is 2.42. The summed E-state index contributed by atoms with van der Waals surface area (Å²) in [5.74, 6) is 0.439. The predicted molar refractivity (Wildman–Crippen MR) is 78.3 cm³/mol. The van der Waals surface area contributed by atoms with Crippen molar-refractivity contribution in [2.24, 2.45) is 0 Å². The van der Waals surface area contributed by atoms with Crippen LogP contribution in [-0.4, -0.2) is 16.5 Å². The summed E-state index contributed by atoms with van der Waals surface area (Å²) < 4.78 is 13.3. The van der Waals surface area contributed by atoms with Gasteiger partial charge in [0.25, 0.3) is 0 Å². The highest BCUT2D eigenvalue weighted by molar-refractivity contribution is 6.31. The molecule has 3 nitrogen and oxygen atoms in total. The summed E-state index contributed by atoms with van der Waals surface area (Å²) in [6.07, 6.45) is 2.32. The minimum absolute atomic E-state index is 0.0130. The van der Waals surface area contributed by atoms with E-state index in [-0.39, 0.29) is 11.9 Å². The van der Waals surface area contributed by atoms with Crippen LogP contribution in [0, 0.1) is 12.7 Å². The fraction of sp³-hybridized carbons (Fsp3) is 0.333. The van der Waals surface area contributed by atoms with E-state index in [9.17, 15) is 4.39 Å². The molecule has 1 unspecified atom stereocenters. The monoisotopic (exact) mass is 293 g/mol. The second-order valence-corrected chi connectivity index (χ2v) is 4.99. The Kier molecular flexibility index (Phi) is 5.04. The van der Waals surface area contributed by atoms with E-state index >= 15 is 0 Å². The lowest BCUT2D eigenvalue weighted by atomic mass is 10.0. The molecule has 1 N–H and O–H groups in total. The second kappa shape index (κ2) is 6.77. The van der Waals surface area contributed by atoms with Crippen LogP contribution in [0.25, 0.3) is 0 Å². The molecule has 1 heterocycles. The number of aryl methyl sites for hydroxylation is 1. The Morgan fingerprint density at radius 3 is 2.85 bits per heavy atom. The zero-order chi connectivity index (χ0) is 14.5. The van der Waals surface area contributed by atoms with E-state index in [4.69, 9.17) is 11.6 Å². The van der Waals surface area contributed by atoms with E-state index in [0.29, 0.717) is 11.4 Å². The highest BCUT2D eigenvalue weighted by atomic mass is 35.5. The van der Waals surface area contributed by atoms with Gasteiger partial charge in [-0.05, 0) is 49.7 Å². The standard InChI is InChI=1S/C15H17ClFN3/c1-3-18-15(14-6-7-19-10(2)20-14)9-11-8-12(17)4-5-13(11)16/h4-8,15,18H,3,9H2,1-2H3. The number of hydrogen-bond acceptors (Lipinski definition) is 3. The summed E-state index contributed by atoms with van der Waals surface area (Å²) in [4.78, 5) is 8.53. The molecular weight excluding hydrogens is 277 g/mol. The van der Waals surface area contributed by atoms with Crippen LogP contribution >= 0.6 is 11.6 Å². The first-order valence-corrected chi connectivity index (χ1v) is 6.94. The first-order valence-electron chi connectivity index (χ1n) is 6.57. The number of hydrogen-bond donors (Lipinski definition) is 1. The summed E-state index contributed by atoms with van der Waals surface area (Å²) >= 11 is 6.13. The maximum atomic E-state index is 13.3. The van der Waals surface area contributed by atoms with Gasteiger partial charge in [-0.2, -0.15) is 0 Å². The fourth-order valence-corrected chi connectivity index (χ4v) is 2.31. The lowest BCUT2D eigenvalue weighted by Gasteiger charge is -2.18. The van der Waals surface area contributed by atoms with E-state index in [1.165, 1.54) is 12.1 Å². The van der Waals surface area contributed by atoms with Crippen LogP contribution in [0.3, 0.4) is 0 Å². The Morgan fingerprint density at radius 2 is 2.15 bits per heavy atom. The Bertz CT molecular complexity index is 589. The number of aromatic nitrogens is 2. The SMILES string of the molecule is CCNC(Cc1cc(F)ccc1Cl)c1ccnc(C)n1. The first kappa shape index (κ1) is 14.9. The molecule has 106 valence electrons. The third kappa shape index (κ3) is 3.74. The van der Waals surface area contributed by atoms with Crippen molar-refractivity contribution < 1.29 is 4.39 Å². The van der Waals surface area contributed by atoms with Gasteiger partial charge < -0.3 is 5.32 Å². The van der Waals surface area contributed by atoms with Crippen LogP contribution in [0.15, 0.2) is 30.5 Å². The van der Waals surface area contributed by atoms with Gasteiger partial charge >= 0.3 is 0 Å². The molecule has 0 radical (unpaired) electrons. The molecule has 0 aliphatic heterocycles. The van der Waals surface area contributed by atoms with E-state index in [0.717, 1.165) is 23.6 Å². The van der Waals surface area contributed by atoms with E-state index in [1.807, 2.05) is 19.9 Å². The third-order valence-corrected chi connectivity index (χ3v) is 3.41. The average molecular weight is 294 g/mol. The topological polar surface area (TPSA) is 37.8 Å². The molecule has 0 aliphatic rings. The Balaban J connectivity index is 2.27. The number of likely N-dealkylation sites (N-methyl/N-ethyl adjacent to an activating group) is 1. The van der Waals surface area contributed by atoms with Crippen molar-refractivity contribution >= 4 is 11.6 Å². The molecule has 1 aromatic carbocycles. The normalized spacial score (nSPS) is 12.4. The minimum atomic E-state index is -0.279. The number of benzene rings is 1. The Morgan fingerprint density at radius 1 is 1.35 bits per heavy atom. The number of nitrogens with one attached hydrogen (secondary N) is 1. The van der Waals surface area contributed by atoms with Crippen molar-refractivity contribution in [2.45, 2.75) is 26.3 Å². The van der Waals surface area contributed by atoms with E-state index in [1.54, 1.807) is 12.3 Å². The largest absolute Gasteiger partial charge is 0.309 e. The molecular formula is C15H17ClFN3. The molecule has 0 saturated heterocycles. The Hall–Kier alpha value is -1.52. The van der Waals surface area contributed by atoms with Gasteiger partial charge in [-0.1, -0.05) is 18.5 Å². The van der Waals surface area contributed by atoms with Crippen molar-refractivity contribution in [3.05, 3.63) is 58.4 Å². The molecule has 1 atom stereocenters. The van der Waals surface area contributed by atoms with Gasteiger partial charge in [0, 0.05) is 11.2 Å². The number of nitrogens with zero attached hydrogens (tertiary/aromatic N) is 2. The third-order valence-electron chi connectivity index (χ3n) is 3.04. The van der Waals surface area contributed by atoms with Gasteiger partial charge in [-0.25, -0.2) is 14.4 Å². The molecule has 0 fully saturated rings. The Labute approximate surface area is 123 Å². The zero-order valence-corrected chi connectivity index (χ0v) is 12.3. The van der Waals surface area contributed by atoms with Crippen LogP contribution in [-0.2, 0) is 6.42 Å². The molecule has 5 heteroatoms. The highest BCUT2D eigenvalue weighted by Crippen LogP contribution is 2.23. The summed E-state index contributed by atoms with van der Waals surface area (Å²) in [6, 6.07) is 6.28. The van der Waals surface area contributed by atoms with Crippen LogP contribution in [0.1, 0.15) is 30.0 Å². The fourth-order valence-electron chi connectivity index (χ4n) is 2.12. The van der Waals surface area contributed by atoms with Crippen molar-refractivity contribution in [1.29, 1.82) is 0 Å². The summed E-state index contributed by atoms with van der Waals surface area (Å²) in [6.45, 7) is 4.66. The smallest absolute Gasteiger partial charge is 0.125 e. The van der Waals surface area contributed by atoms with E-state index < -0.39 is 0 Å². The van der Waals surface area contributed by atoms with Crippen molar-refractivity contribution in [2.75, 3.05) is 6.54 Å². The molecule has 0 bridgehead atoms. The van der Waals surface area contributed by atoms with E-state index in [2.05, 4.69) is 15.3 Å². The van der Waals surface area contributed by atoms with Crippen LogP contribution in [0.5, 0.6) is 0 Å². The quantitative estimate of drug-likeness (QED) is 0.917. The van der Waals surface area contributed by atoms with Gasteiger partial charge in [0.15, 0.2) is 0 Å². The first-order chi connectivity index (χ1) is 9.60. The van der Waals surface area contributed by atoms with Crippen LogP contribution in [0.2, 0.25) is 5.02 Å². The van der Waals surface area contributed by atoms with Crippen molar-refractivity contribution in [3.8, 4) is 0 Å². The minimum Gasteiger partial charge on any atom is -0.309 e. The molecule has 1 aromatic heterocycles. The molecule has 0 aliphatic carbocycles. The van der Waals surface area contributed by atoms with Crippen LogP contribution < -0.4 is 5.32 Å². The van der Waals surface area contributed by atoms with Crippen molar-refractivity contribution in [1.82, 2.24) is 15.3 Å². The van der Waals surface area contributed by atoms with Gasteiger partial charge in [-0.15, -0.1) is 0 Å².